The van der Waals surface area contributed by atoms with Gasteiger partial charge in [0.1, 0.15) is 17.4 Å². The van der Waals surface area contributed by atoms with Gasteiger partial charge in [-0.25, -0.2) is 23.3 Å². The molecule has 0 radical (unpaired) electrons. The van der Waals surface area contributed by atoms with Gasteiger partial charge in [0, 0.05) is 10.9 Å². The molecule has 3 rings (SSSR count). The van der Waals surface area contributed by atoms with Crippen molar-refractivity contribution in [1.29, 1.82) is 0 Å². The molecule has 0 unspecified atom stereocenters. The number of ether oxygens (including phenoxy) is 2. The van der Waals surface area contributed by atoms with E-state index in [1.165, 1.54) is 29.5 Å². The minimum atomic E-state index is -3.92. The van der Waals surface area contributed by atoms with Crippen LogP contribution in [0, 0.1) is 6.92 Å². The van der Waals surface area contributed by atoms with Crippen molar-refractivity contribution in [2.24, 2.45) is 5.14 Å². The van der Waals surface area contributed by atoms with Crippen LogP contribution in [-0.2, 0) is 21.4 Å². The summed E-state index contributed by atoms with van der Waals surface area (Å²) in [5.41, 5.74) is 2.10. The summed E-state index contributed by atoms with van der Waals surface area (Å²) in [7, 11) is -2.31. The normalized spacial score (nSPS) is 11.2. The maximum atomic E-state index is 12.3. The molecule has 1 aromatic heterocycles. The maximum absolute atomic E-state index is 12.3. The molecule has 0 aliphatic rings. The highest BCUT2D eigenvalue weighted by Gasteiger charge is 2.16. The van der Waals surface area contributed by atoms with Gasteiger partial charge in [0.25, 0.3) is 0 Å². The van der Waals surface area contributed by atoms with E-state index < -0.39 is 16.0 Å². The number of hydrogen-bond donors (Lipinski definition) is 1. The van der Waals surface area contributed by atoms with Crippen molar-refractivity contribution in [2.75, 3.05) is 7.11 Å². The summed E-state index contributed by atoms with van der Waals surface area (Å²) in [6.45, 7) is 1.58. The fourth-order valence-corrected chi connectivity index (χ4v) is 4.11. The number of primary sulfonamides is 1. The van der Waals surface area contributed by atoms with Gasteiger partial charge in [0.2, 0.25) is 10.0 Å². The van der Waals surface area contributed by atoms with E-state index >= 15 is 0 Å². The molecule has 3 aromatic rings. The van der Waals surface area contributed by atoms with Gasteiger partial charge in [0.05, 0.1) is 23.3 Å². The number of nitrogens with two attached hydrogens (primary N) is 1. The van der Waals surface area contributed by atoms with Crippen LogP contribution in [0.1, 0.15) is 21.6 Å². The molecule has 0 spiro atoms. The molecule has 1 heterocycles. The number of benzene rings is 2. The highest BCUT2D eigenvalue weighted by molar-refractivity contribution is 7.89. The van der Waals surface area contributed by atoms with E-state index in [4.69, 9.17) is 14.6 Å². The smallest absolute Gasteiger partial charge is 0.338 e. The highest BCUT2D eigenvalue weighted by atomic mass is 32.2. The number of aromatic nitrogens is 1. The number of carbonyl (C=O) groups is 1. The summed E-state index contributed by atoms with van der Waals surface area (Å²) in [5.74, 6) is 0.107. The summed E-state index contributed by atoms with van der Waals surface area (Å²) in [6.07, 6.45) is 0. The fourth-order valence-electron chi connectivity index (χ4n) is 2.50. The summed E-state index contributed by atoms with van der Waals surface area (Å²) in [4.78, 5) is 16.6. The van der Waals surface area contributed by atoms with Gasteiger partial charge in [-0.1, -0.05) is 6.07 Å². The number of carbonyl (C=O) groups excluding carboxylic acids is 1. The van der Waals surface area contributed by atoms with Gasteiger partial charge in [-0.3, -0.25) is 0 Å². The third-order valence-electron chi connectivity index (χ3n) is 3.97. The molecule has 146 valence electrons. The second kappa shape index (κ2) is 8.09. The summed E-state index contributed by atoms with van der Waals surface area (Å²) in [5, 5.41) is 7.77. The largest absolute Gasteiger partial charge is 0.497 e. The van der Waals surface area contributed by atoms with E-state index in [-0.39, 0.29) is 17.1 Å². The van der Waals surface area contributed by atoms with Crippen LogP contribution in [0.2, 0.25) is 0 Å². The van der Waals surface area contributed by atoms with Crippen molar-refractivity contribution in [1.82, 2.24) is 4.98 Å². The Morgan fingerprint density at radius 2 is 1.89 bits per heavy atom. The van der Waals surface area contributed by atoms with Gasteiger partial charge in [-0.2, -0.15) is 0 Å². The van der Waals surface area contributed by atoms with Crippen LogP contribution < -0.4 is 9.88 Å². The number of hydrogen-bond acceptors (Lipinski definition) is 7. The SMILES string of the molecule is COc1ccc(-c2nc(COC(=O)c3ccc(C)c(S(N)(=O)=O)c3)cs2)cc1. The maximum Gasteiger partial charge on any atom is 0.338 e. The third-order valence-corrected chi connectivity index (χ3v) is 5.96. The standard InChI is InChI=1S/C19H18N2O5S2/c1-12-3-4-14(9-17(12)28(20,23)24)19(22)26-10-15-11-27-18(21-15)13-5-7-16(25-2)8-6-13/h3-9,11H,10H2,1-2H3,(H2,20,23,24). The molecule has 0 atom stereocenters. The topological polar surface area (TPSA) is 109 Å². The van der Waals surface area contributed by atoms with Crippen LogP contribution in [0.3, 0.4) is 0 Å². The predicted molar refractivity (Wildman–Crippen MR) is 106 cm³/mol. The van der Waals surface area contributed by atoms with Crippen LogP contribution in [0.25, 0.3) is 10.6 Å². The van der Waals surface area contributed by atoms with Crippen LogP contribution in [0.5, 0.6) is 5.75 Å². The molecule has 0 aliphatic carbocycles. The molecule has 0 amide bonds. The van der Waals surface area contributed by atoms with E-state index in [9.17, 15) is 13.2 Å². The molecular formula is C19H18N2O5S2. The Kier molecular flexibility index (Phi) is 5.78. The molecule has 9 heteroatoms. The highest BCUT2D eigenvalue weighted by Crippen LogP contribution is 2.26. The molecule has 0 fully saturated rings. The van der Waals surface area contributed by atoms with E-state index in [0.29, 0.717) is 11.3 Å². The van der Waals surface area contributed by atoms with E-state index in [2.05, 4.69) is 4.98 Å². The van der Waals surface area contributed by atoms with Gasteiger partial charge < -0.3 is 9.47 Å². The van der Waals surface area contributed by atoms with Crippen LogP contribution in [0.15, 0.2) is 52.7 Å². The predicted octanol–water partition coefficient (Wildman–Crippen LogP) is 3.13. The Bertz CT molecular complexity index is 1110. The van der Waals surface area contributed by atoms with Crippen LogP contribution >= 0.6 is 11.3 Å². The first-order valence-corrected chi connectivity index (χ1v) is 10.6. The first-order valence-electron chi connectivity index (χ1n) is 8.17. The molecule has 2 N–H and O–H groups in total. The number of aryl methyl sites for hydroxylation is 1. The number of esters is 1. The van der Waals surface area contributed by atoms with Crippen LogP contribution in [0.4, 0.5) is 0 Å². The lowest BCUT2D eigenvalue weighted by Gasteiger charge is -2.07. The molecular weight excluding hydrogens is 400 g/mol. The average Bonchev–Trinajstić information content (AvgIpc) is 3.14. The summed E-state index contributed by atoms with van der Waals surface area (Å²) < 4.78 is 33.6. The van der Waals surface area contributed by atoms with Crippen molar-refractivity contribution >= 4 is 27.3 Å². The Hall–Kier alpha value is -2.75. The first kappa shape index (κ1) is 20.0. The van der Waals surface area contributed by atoms with Crippen molar-refractivity contribution in [3.8, 4) is 16.3 Å². The second-order valence-corrected chi connectivity index (χ2v) is 8.36. The Morgan fingerprint density at radius 3 is 2.54 bits per heavy atom. The number of methoxy groups -OCH3 is 1. The summed E-state index contributed by atoms with van der Waals surface area (Å²) >= 11 is 1.43. The van der Waals surface area contributed by atoms with E-state index in [0.717, 1.165) is 16.3 Å². The minimum absolute atomic E-state index is 0.0237. The minimum Gasteiger partial charge on any atom is -0.497 e. The zero-order valence-corrected chi connectivity index (χ0v) is 16.8. The summed E-state index contributed by atoms with van der Waals surface area (Å²) in [6, 6.07) is 11.7. The van der Waals surface area contributed by atoms with Gasteiger partial charge in [-0.05, 0) is 48.9 Å². The lowest BCUT2D eigenvalue weighted by Crippen LogP contribution is -2.15. The Morgan fingerprint density at radius 1 is 1.18 bits per heavy atom. The third kappa shape index (κ3) is 4.56. The first-order chi connectivity index (χ1) is 13.3. The Balaban J connectivity index is 1.69. The lowest BCUT2D eigenvalue weighted by atomic mass is 10.1. The van der Waals surface area contributed by atoms with E-state index in [1.807, 2.05) is 24.3 Å². The van der Waals surface area contributed by atoms with E-state index in [1.54, 1.807) is 19.4 Å². The quantitative estimate of drug-likeness (QED) is 0.616. The molecule has 0 aliphatic heterocycles. The molecule has 28 heavy (non-hydrogen) atoms. The molecule has 0 saturated carbocycles. The monoisotopic (exact) mass is 418 g/mol. The number of nitrogens with zero attached hydrogens (tertiary/aromatic N) is 1. The van der Waals surface area contributed by atoms with Gasteiger partial charge in [-0.15, -0.1) is 11.3 Å². The number of thiazole rings is 1. The fraction of sp³-hybridized carbons (Fsp3) is 0.158. The van der Waals surface area contributed by atoms with Crippen molar-refractivity contribution < 1.29 is 22.7 Å². The molecule has 0 bridgehead atoms. The van der Waals surface area contributed by atoms with Gasteiger partial charge in [0.15, 0.2) is 0 Å². The molecule has 2 aromatic carbocycles. The number of rotatable bonds is 6. The number of sulfonamides is 1. The van der Waals surface area contributed by atoms with Crippen molar-refractivity contribution in [3.63, 3.8) is 0 Å². The second-order valence-electron chi connectivity index (χ2n) is 5.97. The zero-order chi connectivity index (χ0) is 20.3. The molecule has 0 saturated heterocycles. The van der Waals surface area contributed by atoms with Crippen molar-refractivity contribution in [3.05, 3.63) is 64.7 Å². The molecule has 7 nitrogen and oxygen atoms in total. The Labute approximate surface area is 166 Å². The van der Waals surface area contributed by atoms with Crippen LogP contribution in [-0.4, -0.2) is 26.5 Å². The average molecular weight is 418 g/mol. The van der Waals surface area contributed by atoms with Crippen molar-refractivity contribution in [2.45, 2.75) is 18.4 Å². The zero-order valence-electron chi connectivity index (χ0n) is 15.2. The van der Waals surface area contributed by atoms with Gasteiger partial charge >= 0.3 is 5.97 Å². The lowest BCUT2D eigenvalue weighted by molar-refractivity contribution is 0.0468.